The zero-order valence-corrected chi connectivity index (χ0v) is 14.6. The van der Waals surface area contributed by atoms with Crippen molar-refractivity contribution in [3.05, 3.63) is 107 Å². The van der Waals surface area contributed by atoms with Crippen molar-refractivity contribution in [3.63, 3.8) is 0 Å². The summed E-state index contributed by atoms with van der Waals surface area (Å²) >= 11 is 0. The van der Waals surface area contributed by atoms with Crippen LogP contribution in [0.2, 0.25) is 0 Å². The van der Waals surface area contributed by atoms with Gasteiger partial charge in [-0.1, -0.05) is 72.8 Å². The molecule has 0 aliphatic heterocycles. The van der Waals surface area contributed by atoms with Crippen molar-refractivity contribution in [1.29, 1.82) is 0 Å². The van der Waals surface area contributed by atoms with Crippen LogP contribution in [0.4, 0.5) is 0 Å². The molecule has 128 valence electrons. The molecule has 2 heteroatoms. The highest BCUT2D eigenvalue weighted by molar-refractivity contribution is 6.09. The average Bonchev–Trinajstić information content (AvgIpc) is 2.99. The van der Waals surface area contributed by atoms with Crippen LogP contribution in [-0.2, 0) is 0 Å². The van der Waals surface area contributed by atoms with E-state index in [0.29, 0.717) is 0 Å². The summed E-state index contributed by atoms with van der Waals surface area (Å²) in [7, 11) is 0. The molecule has 0 aliphatic carbocycles. The third-order valence-corrected chi connectivity index (χ3v) is 4.84. The van der Waals surface area contributed by atoms with Gasteiger partial charge in [0.1, 0.15) is 11.5 Å². The first-order valence-corrected chi connectivity index (χ1v) is 8.91. The summed E-state index contributed by atoms with van der Waals surface area (Å²) < 4.78 is 6.39. The molecule has 0 N–H and O–H groups in total. The predicted molar refractivity (Wildman–Crippen MR) is 111 cm³/mol. The minimum atomic E-state index is 0.00198. The lowest BCUT2D eigenvalue weighted by Crippen LogP contribution is -1.87. The smallest absolute Gasteiger partial charge is 0.178 e. The zero-order chi connectivity index (χ0) is 18.2. The lowest BCUT2D eigenvalue weighted by atomic mass is 10.0. The van der Waals surface area contributed by atoms with Gasteiger partial charge in [-0.2, -0.15) is 0 Å². The van der Waals surface area contributed by atoms with Gasteiger partial charge in [-0.25, -0.2) is 0 Å². The second-order valence-corrected chi connectivity index (χ2v) is 6.59. The van der Waals surface area contributed by atoms with Crippen LogP contribution in [-0.4, -0.2) is 0 Å². The first kappa shape index (κ1) is 15.6. The van der Waals surface area contributed by atoms with Crippen LogP contribution in [0, 0.1) is 0 Å². The first-order valence-electron chi connectivity index (χ1n) is 8.91. The SMILES string of the molecule is O=c1ccc2cc3c(-c4ccccc4)oc(-c4ccccc4)c3cc2cc1. The molecule has 0 aliphatic rings. The molecule has 2 nitrogen and oxygen atoms in total. The number of hydrogen-bond acceptors (Lipinski definition) is 2. The lowest BCUT2D eigenvalue weighted by molar-refractivity contribution is 0.602. The van der Waals surface area contributed by atoms with E-state index in [2.05, 4.69) is 36.4 Å². The Labute approximate surface area is 156 Å². The largest absolute Gasteiger partial charge is 0.455 e. The van der Waals surface area contributed by atoms with Gasteiger partial charge in [-0.3, -0.25) is 4.79 Å². The molecule has 0 atom stereocenters. The maximum atomic E-state index is 11.8. The first-order chi connectivity index (χ1) is 13.3. The summed E-state index contributed by atoms with van der Waals surface area (Å²) in [4.78, 5) is 11.8. The molecule has 1 heterocycles. The van der Waals surface area contributed by atoms with Crippen molar-refractivity contribution in [2.45, 2.75) is 0 Å². The Morgan fingerprint density at radius 2 is 0.963 bits per heavy atom. The van der Waals surface area contributed by atoms with Crippen LogP contribution in [0.3, 0.4) is 0 Å². The van der Waals surface area contributed by atoms with Crippen molar-refractivity contribution in [2.75, 3.05) is 0 Å². The average molecular weight is 348 g/mol. The van der Waals surface area contributed by atoms with Crippen molar-refractivity contribution >= 4 is 21.5 Å². The van der Waals surface area contributed by atoms with E-state index in [-0.39, 0.29) is 5.43 Å². The number of fused-ring (bicyclic) bond motifs is 2. The molecular formula is C25H16O2. The van der Waals surface area contributed by atoms with Gasteiger partial charge in [-0.15, -0.1) is 0 Å². The van der Waals surface area contributed by atoms with Crippen LogP contribution in [0.25, 0.3) is 44.2 Å². The van der Waals surface area contributed by atoms with Gasteiger partial charge in [0, 0.05) is 21.9 Å². The number of rotatable bonds is 2. The molecule has 0 bridgehead atoms. The van der Waals surface area contributed by atoms with E-state index in [1.807, 2.05) is 48.5 Å². The molecule has 1 aromatic heterocycles. The maximum absolute atomic E-state index is 11.8. The molecule has 5 aromatic rings. The normalized spacial score (nSPS) is 11.1. The van der Waals surface area contributed by atoms with Crippen molar-refractivity contribution in [2.24, 2.45) is 0 Å². The standard InChI is InChI=1S/C25H16O2/c26-21-13-11-19-15-22-23(16-20(19)12-14-21)25(18-9-5-2-6-10-18)27-24(22)17-7-3-1-4-8-17/h1-16H. The van der Waals surface area contributed by atoms with Crippen LogP contribution < -0.4 is 5.43 Å². The predicted octanol–water partition coefficient (Wildman–Crippen LogP) is 6.28. The van der Waals surface area contributed by atoms with E-state index in [1.54, 1.807) is 12.1 Å². The Bertz CT molecular complexity index is 1220. The molecular weight excluding hydrogens is 332 g/mol. The van der Waals surface area contributed by atoms with Crippen LogP contribution in [0.1, 0.15) is 0 Å². The van der Waals surface area contributed by atoms with Gasteiger partial charge >= 0.3 is 0 Å². The third-order valence-electron chi connectivity index (χ3n) is 4.84. The van der Waals surface area contributed by atoms with Gasteiger partial charge in [0.15, 0.2) is 5.43 Å². The lowest BCUT2D eigenvalue weighted by Gasteiger charge is -1.99. The molecule has 0 unspecified atom stereocenters. The van der Waals surface area contributed by atoms with E-state index in [1.165, 1.54) is 0 Å². The third kappa shape index (κ3) is 2.72. The second-order valence-electron chi connectivity index (χ2n) is 6.59. The highest BCUT2D eigenvalue weighted by Gasteiger charge is 2.16. The topological polar surface area (TPSA) is 30.2 Å². The Kier molecular flexibility index (Phi) is 3.61. The minimum absolute atomic E-state index is 0.00198. The summed E-state index contributed by atoms with van der Waals surface area (Å²) in [5.74, 6) is 1.69. The van der Waals surface area contributed by atoms with Crippen LogP contribution in [0.5, 0.6) is 0 Å². The number of benzene rings is 3. The fourth-order valence-corrected chi connectivity index (χ4v) is 3.52. The van der Waals surface area contributed by atoms with Gasteiger partial charge in [0.2, 0.25) is 0 Å². The molecule has 4 aromatic carbocycles. The fraction of sp³-hybridized carbons (Fsp3) is 0. The van der Waals surface area contributed by atoms with Crippen molar-refractivity contribution in [3.8, 4) is 22.6 Å². The molecule has 27 heavy (non-hydrogen) atoms. The number of hydrogen-bond donors (Lipinski definition) is 0. The molecule has 0 spiro atoms. The van der Waals surface area contributed by atoms with Crippen molar-refractivity contribution in [1.82, 2.24) is 0 Å². The highest BCUT2D eigenvalue weighted by Crippen LogP contribution is 2.40. The molecule has 0 saturated carbocycles. The van der Waals surface area contributed by atoms with E-state index >= 15 is 0 Å². The summed E-state index contributed by atoms with van der Waals surface area (Å²) in [5.41, 5.74) is 2.07. The Morgan fingerprint density at radius 3 is 1.41 bits per heavy atom. The van der Waals surface area contributed by atoms with Gasteiger partial charge < -0.3 is 4.42 Å². The van der Waals surface area contributed by atoms with Crippen molar-refractivity contribution < 1.29 is 4.42 Å². The number of furan rings is 1. The molecule has 0 amide bonds. The summed E-state index contributed by atoms with van der Waals surface area (Å²) in [6.07, 6.45) is 0. The Morgan fingerprint density at radius 1 is 0.519 bits per heavy atom. The fourth-order valence-electron chi connectivity index (χ4n) is 3.52. The van der Waals surface area contributed by atoms with E-state index in [4.69, 9.17) is 4.42 Å². The summed E-state index contributed by atoms with van der Waals surface area (Å²) in [5, 5.41) is 4.13. The van der Waals surface area contributed by atoms with Gasteiger partial charge in [0.25, 0.3) is 0 Å². The van der Waals surface area contributed by atoms with Gasteiger partial charge in [-0.05, 0) is 35.0 Å². The summed E-state index contributed by atoms with van der Waals surface area (Å²) in [6.45, 7) is 0. The Hall–Kier alpha value is -3.65. The maximum Gasteiger partial charge on any atom is 0.178 e. The molecule has 0 radical (unpaired) electrons. The summed E-state index contributed by atoms with van der Waals surface area (Å²) in [6, 6.07) is 31.4. The Balaban J connectivity index is 1.91. The van der Waals surface area contributed by atoms with Crippen LogP contribution in [0.15, 0.2) is 106 Å². The van der Waals surface area contributed by atoms with E-state index in [0.717, 1.165) is 44.2 Å². The van der Waals surface area contributed by atoms with Gasteiger partial charge in [0.05, 0.1) is 0 Å². The molecule has 0 fully saturated rings. The minimum Gasteiger partial charge on any atom is -0.455 e. The quantitative estimate of drug-likeness (QED) is 0.376. The highest BCUT2D eigenvalue weighted by atomic mass is 16.3. The van der Waals surface area contributed by atoms with E-state index < -0.39 is 0 Å². The monoisotopic (exact) mass is 348 g/mol. The molecule has 5 rings (SSSR count). The second kappa shape index (κ2) is 6.26. The van der Waals surface area contributed by atoms with Crippen LogP contribution >= 0.6 is 0 Å². The zero-order valence-electron chi connectivity index (χ0n) is 14.6. The van der Waals surface area contributed by atoms with E-state index in [9.17, 15) is 4.79 Å². The molecule has 0 saturated heterocycles.